The van der Waals surface area contributed by atoms with Gasteiger partial charge in [0.2, 0.25) is 0 Å². The molecule has 1 aliphatic rings. The van der Waals surface area contributed by atoms with Gasteiger partial charge in [-0.1, -0.05) is 23.7 Å². The molecular formula is C21H25ClN2O2S. The molecule has 1 saturated heterocycles. The van der Waals surface area contributed by atoms with Crippen molar-refractivity contribution >= 4 is 29.3 Å². The molecule has 0 radical (unpaired) electrons. The van der Waals surface area contributed by atoms with E-state index in [0.29, 0.717) is 17.1 Å². The lowest BCUT2D eigenvalue weighted by molar-refractivity contribution is 0.0938. The third-order valence-corrected chi connectivity index (χ3v) is 6.01. The molecule has 0 spiro atoms. The van der Waals surface area contributed by atoms with Gasteiger partial charge in [0.05, 0.1) is 23.7 Å². The molecule has 2 aromatic carbocycles. The Bertz CT molecular complexity index is 776. The number of likely N-dealkylation sites (tertiary alicyclic amines) is 1. The van der Waals surface area contributed by atoms with Crippen LogP contribution in [0.3, 0.4) is 0 Å². The molecule has 1 atom stereocenters. The number of rotatable bonds is 7. The third-order valence-electron chi connectivity index (χ3n) is 4.96. The van der Waals surface area contributed by atoms with Gasteiger partial charge in [-0.3, -0.25) is 9.69 Å². The summed E-state index contributed by atoms with van der Waals surface area (Å²) in [6.07, 6.45) is 4.38. The van der Waals surface area contributed by atoms with Crippen LogP contribution in [0.15, 0.2) is 47.4 Å². The molecule has 27 heavy (non-hydrogen) atoms. The number of amides is 1. The Morgan fingerprint density at radius 2 is 1.93 bits per heavy atom. The maximum atomic E-state index is 12.7. The van der Waals surface area contributed by atoms with Crippen molar-refractivity contribution in [2.75, 3.05) is 33.0 Å². The Balaban J connectivity index is 1.75. The molecule has 3 rings (SSSR count). The van der Waals surface area contributed by atoms with E-state index >= 15 is 0 Å². The number of carbonyl (C=O) groups excluding carboxylic acids is 1. The third kappa shape index (κ3) is 4.98. The number of hydrogen-bond acceptors (Lipinski definition) is 4. The monoisotopic (exact) mass is 404 g/mol. The molecule has 2 aromatic rings. The van der Waals surface area contributed by atoms with Crippen molar-refractivity contribution in [2.45, 2.75) is 23.8 Å². The SMILES string of the molecule is COc1ccc([C@@H](CNC(=O)c2cc(SC)ccc2Cl)N2CCCC2)cc1. The van der Waals surface area contributed by atoms with Gasteiger partial charge in [-0.05, 0) is 68.1 Å². The molecule has 1 aliphatic heterocycles. The first kappa shape index (κ1) is 20.1. The average Bonchev–Trinajstić information content (AvgIpc) is 3.23. The fourth-order valence-electron chi connectivity index (χ4n) is 3.43. The zero-order valence-electron chi connectivity index (χ0n) is 15.7. The van der Waals surface area contributed by atoms with Crippen molar-refractivity contribution in [3.63, 3.8) is 0 Å². The fraction of sp³-hybridized carbons (Fsp3) is 0.381. The van der Waals surface area contributed by atoms with E-state index in [2.05, 4.69) is 22.3 Å². The lowest BCUT2D eigenvalue weighted by Crippen LogP contribution is -2.36. The van der Waals surface area contributed by atoms with Crippen molar-refractivity contribution < 1.29 is 9.53 Å². The fourth-order valence-corrected chi connectivity index (χ4v) is 4.07. The molecule has 0 bridgehead atoms. The quantitative estimate of drug-likeness (QED) is 0.682. The lowest BCUT2D eigenvalue weighted by atomic mass is 10.0. The van der Waals surface area contributed by atoms with Gasteiger partial charge >= 0.3 is 0 Å². The van der Waals surface area contributed by atoms with E-state index in [1.807, 2.05) is 30.5 Å². The smallest absolute Gasteiger partial charge is 0.252 e. The van der Waals surface area contributed by atoms with Crippen LogP contribution in [0.4, 0.5) is 0 Å². The summed E-state index contributed by atoms with van der Waals surface area (Å²) in [4.78, 5) is 16.2. The number of ether oxygens (including phenoxy) is 1. The van der Waals surface area contributed by atoms with Crippen LogP contribution < -0.4 is 10.1 Å². The molecule has 4 nitrogen and oxygen atoms in total. The summed E-state index contributed by atoms with van der Waals surface area (Å²) >= 11 is 7.84. The topological polar surface area (TPSA) is 41.6 Å². The number of halogens is 1. The minimum Gasteiger partial charge on any atom is -0.497 e. The van der Waals surface area contributed by atoms with Gasteiger partial charge < -0.3 is 10.1 Å². The van der Waals surface area contributed by atoms with Crippen molar-refractivity contribution in [2.24, 2.45) is 0 Å². The molecule has 6 heteroatoms. The Morgan fingerprint density at radius 3 is 2.56 bits per heavy atom. The van der Waals surface area contributed by atoms with E-state index in [0.717, 1.165) is 23.7 Å². The number of benzene rings is 2. The number of thioether (sulfide) groups is 1. The maximum Gasteiger partial charge on any atom is 0.252 e. The molecule has 0 saturated carbocycles. The highest BCUT2D eigenvalue weighted by Crippen LogP contribution is 2.27. The second kappa shape index (κ2) is 9.49. The lowest BCUT2D eigenvalue weighted by Gasteiger charge is -2.28. The summed E-state index contributed by atoms with van der Waals surface area (Å²) in [5, 5.41) is 3.57. The minimum absolute atomic E-state index is 0.131. The number of carbonyl (C=O) groups is 1. The number of nitrogens with zero attached hydrogens (tertiary/aromatic N) is 1. The van der Waals surface area contributed by atoms with Crippen molar-refractivity contribution in [3.05, 3.63) is 58.6 Å². The Morgan fingerprint density at radius 1 is 1.22 bits per heavy atom. The van der Waals surface area contributed by atoms with E-state index in [-0.39, 0.29) is 11.9 Å². The second-order valence-electron chi connectivity index (χ2n) is 6.59. The van der Waals surface area contributed by atoms with Crippen LogP contribution in [-0.2, 0) is 0 Å². The predicted octanol–water partition coefficient (Wildman–Crippen LogP) is 4.64. The van der Waals surface area contributed by atoms with Gasteiger partial charge in [-0.2, -0.15) is 0 Å². The molecule has 1 N–H and O–H groups in total. The van der Waals surface area contributed by atoms with Crippen molar-refractivity contribution in [1.82, 2.24) is 10.2 Å². The van der Waals surface area contributed by atoms with E-state index in [1.54, 1.807) is 24.9 Å². The van der Waals surface area contributed by atoms with Crippen molar-refractivity contribution in [3.8, 4) is 5.75 Å². The van der Waals surface area contributed by atoms with Gasteiger partial charge in [-0.15, -0.1) is 11.8 Å². The molecule has 144 valence electrons. The molecular weight excluding hydrogens is 380 g/mol. The Hall–Kier alpha value is -1.69. The van der Waals surface area contributed by atoms with Crippen LogP contribution in [0.1, 0.15) is 34.8 Å². The first-order valence-electron chi connectivity index (χ1n) is 9.12. The summed E-state index contributed by atoms with van der Waals surface area (Å²) in [6.45, 7) is 2.65. The van der Waals surface area contributed by atoms with Crippen LogP contribution in [0, 0.1) is 0 Å². The highest BCUT2D eigenvalue weighted by atomic mass is 35.5. The first-order chi connectivity index (χ1) is 13.1. The maximum absolute atomic E-state index is 12.7. The predicted molar refractivity (Wildman–Crippen MR) is 112 cm³/mol. The van der Waals surface area contributed by atoms with Gasteiger partial charge in [0.1, 0.15) is 5.75 Å². The van der Waals surface area contributed by atoms with Crippen LogP contribution in [0.2, 0.25) is 5.02 Å². The number of nitrogens with one attached hydrogen (secondary N) is 1. The van der Waals surface area contributed by atoms with E-state index in [4.69, 9.17) is 16.3 Å². The first-order valence-corrected chi connectivity index (χ1v) is 10.7. The Labute approximate surface area is 170 Å². The zero-order valence-corrected chi connectivity index (χ0v) is 17.3. The number of hydrogen-bond donors (Lipinski definition) is 1. The van der Waals surface area contributed by atoms with E-state index in [9.17, 15) is 4.79 Å². The van der Waals surface area contributed by atoms with Crippen LogP contribution in [0.25, 0.3) is 0 Å². The van der Waals surface area contributed by atoms with Gasteiger partial charge in [0, 0.05) is 11.4 Å². The summed E-state index contributed by atoms with van der Waals surface area (Å²) in [6, 6.07) is 13.8. The Kier molecular flexibility index (Phi) is 7.05. The highest BCUT2D eigenvalue weighted by molar-refractivity contribution is 7.98. The molecule has 1 heterocycles. The van der Waals surface area contributed by atoms with Gasteiger partial charge in [0.25, 0.3) is 5.91 Å². The minimum atomic E-state index is -0.131. The molecule has 1 fully saturated rings. The van der Waals surface area contributed by atoms with E-state index in [1.165, 1.54) is 18.4 Å². The van der Waals surface area contributed by atoms with Gasteiger partial charge in [0.15, 0.2) is 0 Å². The van der Waals surface area contributed by atoms with Crippen LogP contribution in [-0.4, -0.2) is 43.8 Å². The normalized spacial score (nSPS) is 15.5. The van der Waals surface area contributed by atoms with Crippen molar-refractivity contribution in [1.29, 1.82) is 0 Å². The van der Waals surface area contributed by atoms with E-state index < -0.39 is 0 Å². The highest BCUT2D eigenvalue weighted by Gasteiger charge is 2.24. The van der Waals surface area contributed by atoms with Crippen LogP contribution in [0.5, 0.6) is 5.75 Å². The molecule has 0 aromatic heterocycles. The molecule has 0 unspecified atom stereocenters. The standard InChI is InChI=1S/C21H25ClN2O2S/c1-26-16-7-5-15(6-8-16)20(24-11-3-4-12-24)14-23-21(25)18-13-17(27-2)9-10-19(18)22/h5-10,13,20H,3-4,11-12,14H2,1-2H3,(H,23,25)/t20-/m1/s1. The molecule has 0 aliphatic carbocycles. The van der Waals surface area contributed by atoms with Gasteiger partial charge in [-0.25, -0.2) is 0 Å². The summed E-state index contributed by atoms with van der Waals surface area (Å²) < 4.78 is 5.27. The summed E-state index contributed by atoms with van der Waals surface area (Å²) in [5.74, 6) is 0.706. The molecule has 1 amide bonds. The van der Waals surface area contributed by atoms with Crippen LogP contribution >= 0.6 is 23.4 Å². The number of methoxy groups -OCH3 is 1. The second-order valence-corrected chi connectivity index (χ2v) is 7.87. The largest absolute Gasteiger partial charge is 0.497 e. The summed E-state index contributed by atoms with van der Waals surface area (Å²) in [5.41, 5.74) is 1.71. The summed E-state index contributed by atoms with van der Waals surface area (Å²) in [7, 11) is 1.67. The zero-order chi connectivity index (χ0) is 19.2. The average molecular weight is 405 g/mol.